The third kappa shape index (κ3) is 3.68. The van der Waals surface area contributed by atoms with Crippen LogP contribution in [0.3, 0.4) is 0 Å². The van der Waals surface area contributed by atoms with Gasteiger partial charge in [-0.1, -0.05) is 0 Å². The number of hydrogen-bond donors (Lipinski definition) is 1. The topological polar surface area (TPSA) is 69.4 Å². The number of aromatic nitrogens is 1. The van der Waals surface area contributed by atoms with Crippen molar-refractivity contribution in [3.05, 3.63) is 52.8 Å². The summed E-state index contributed by atoms with van der Waals surface area (Å²) in [6.07, 6.45) is 1.21. The predicted octanol–water partition coefficient (Wildman–Crippen LogP) is 4.47. The standard InChI is InChI=1S/C23H27NO5/c1-7-29-23(26)19-11-18-9-17(12-24(18)21(14(19)3)15(4)25)16-8-13(2)22(28-6)20(10-16)27-5/h8-12,15,25H,7H2,1-6H3. The summed E-state index contributed by atoms with van der Waals surface area (Å²) in [5, 5.41) is 10.4. The Morgan fingerprint density at radius 2 is 1.83 bits per heavy atom. The quantitative estimate of drug-likeness (QED) is 0.622. The SMILES string of the molecule is CCOC(=O)c1cc2cc(-c3cc(C)c(OC)c(OC)c3)cn2c(C(C)O)c1C. The zero-order valence-electron chi connectivity index (χ0n) is 17.7. The molecule has 1 N–H and O–H groups in total. The van der Waals surface area contributed by atoms with Crippen molar-refractivity contribution in [3.63, 3.8) is 0 Å². The van der Waals surface area contributed by atoms with Gasteiger partial charge < -0.3 is 23.7 Å². The molecule has 0 aliphatic heterocycles. The molecular formula is C23H27NO5. The van der Waals surface area contributed by atoms with Crippen molar-refractivity contribution >= 4 is 11.5 Å². The minimum absolute atomic E-state index is 0.296. The van der Waals surface area contributed by atoms with Gasteiger partial charge in [0.05, 0.1) is 38.2 Å². The number of carbonyl (C=O) groups is 1. The van der Waals surface area contributed by atoms with Crippen LogP contribution >= 0.6 is 0 Å². The van der Waals surface area contributed by atoms with Gasteiger partial charge in [0.1, 0.15) is 0 Å². The van der Waals surface area contributed by atoms with Gasteiger partial charge in [-0.3, -0.25) is 0 Å². The fourth-order valence-corrected chi connectivity index (χ4v) is 3.79. The highest BCUT2D eigenvalue weighted by Gasteiger charge is 2.21. The number of benzene rings is 1. The van der Waals surface area contributed by atoms with E-state index in [-0.39, 0.29) is 5.97 Å². The van der Waals surface area contributed by atoms with Crippen LogP contribution in [0.1, 0.15) is 47.1 Å². The van der Waals surface area contributed by atoms with Crippen LogP contribution in [0.2, 0.25) is 0 Å². The van der Waals surface area contributed by atoms with Gasteiger partial charge in [0.25, 0.3) is 0 Å². The number of esters is 1. The van der Waals surface area contributed by atoms with Crippen LogP contribution in [0.5, 0.6) is 11.5 Å². The molecule has 0 saturated carbocycles. The number of methoxy groups -OCH3 is 2. The van der Waals surface area contributed by atoms with Crippen molar-refractivity contribution in [2.75, 3.05) is 20.8 Å². The van der Waals surface area contributed by atoms with E-state index in [0.717, 1.165) is 22.2 Å². The van der Waals surface area contributed by atoms with Gasteiger partial charge in [-0.25, -0.2) is 4.79 Å². The van der Waals surface area contributed by atoms with Gasteiger partial charge in [-0.15, -0.1) is 0 Å². The summed E-state index contributed by atoms with van der Waals surface area (Å²) in [6, 6.07) is 7.73. The molecule has 6 nitrogen and oxygen atoms in total. The van der Waals surface area contributed by atoms with E-state index >= 15 is 0 Å². The first kappa shape index (κ1) is 20.7. The number of aliphatic hydroxyl groups excluding tert-OH is 1. The molecule has 3 aromatic rings. The van der Waals surface area contributed by atoms with E-state index in [1.165, 1.54) is 0 Å². The number of nitrogens with zero attached hydrogens (tertiary/aromatic N) is 1. The van der Waals surface area contributed by atoms with Crippen LogP contribution in [0.15, 0.2) is 30.5 Å². The molecule has 0 fully saturated rings. The summed E-state index contributed by atoms with van der Waals surface area (Å²) >= 11 is 0. The summed E-state index contributed by atoms with van der Waals surface area (Å²) in [4.78, 5) is 12.4. The van der Waals surface area contributed by atoms with E-state index in [4.69, 9.17) is 14.2 Å². The lowest BCUT2D eigenvalue weighted by Gasteiger charge is -2.16. The molecule has 3 rings (SSSR count). The highest BCUT2D eigenvalue weighted by molar-refractivity contribution is 5.93. The molecule has 0 aliphatic rings. The molecule has 1 aromatic carbocycles. The van der Waals surface area contributed by atoms with Crippen LogP contribution in [0.25, 0.3) is 16.6 Å². The monoisotopic (exact) mass is 397 g/mol. The van der Waals surface area contributed by atoms with Gasteiger partial charge in [0.15, 0.2) is 11.5 Å². The van der Waals surface area contributed by atoms with Crippen LogP contribution < -0.4 is 9.47 Å². The maximum Gasteiger partial charge on any atom is 0.338 e. The molecule has 0 radical (unpaired) electrons. The molecule has 0 spiro atoms. The van der Waals surface area contributed by atoms with E-state index in [2.05, 4.69) is 0 Å². The first-order valence-electron chi connectivity index (χ1n) is 9.56. The predicted molar refractivity (Wildman–Crippen MR) is 112 cm³/mol. The first-order valence-corrected chi connectivity index (χ1v) is 9.56. The van der Waals surface area contributed by atoms with Crippen molar-refractivity contribution in [1.82, 2.24) is 4.40 Å². The zero-order valence-corrected chi connectivity index (χ0v) is 17.7. The Hall–Kier alpha value is -2.99. The van der Waals surface area contributed by atoms with Crippen LogP contribution in [-0.2, 0) is 4.74 Å². The van der Waals surface area contributed by atoms with Gasteiger partial charge >= 0.3 is 5.97 Å². The van der Waals surface area contributed by atoms with E-state index in [0.29, 0.717) is 34.9 Å². The summed E-state index contributed by atoms with van der Waals surface area (Å²) in [7, 11) is 3.23. The Labute approximate surface area is 170 Å². The van der Waals surface area contributed by atoms with Crippen molar-refractivity contribution in [1.29, 1.82) is 0 Å². The highest BCUT2D eigenvalue weighted by Crippen LogP contribution is 2.37. The average Bonchev–Trinajstić information content (AvgIpc) is 3.10. The highest BCUT2D eigenvalue weighted by atomic mass is 16.5. The molecule has 0 amide bonds. The van der Waals surface area contributed by atoms with Crippen LogP contribution in [0, 0.1) is 13.8 Å². The van der Waals surface area contributed by atoms with E-state index in [1.807, 2.05) is 42.6 Å². The summed E-state index contributed by atoms with van der Waals surface area (Å²) < 4.78 is 18.0. The number of fused-ring (bicyclic) bond motifs is 1. The Kier molecular flexibility index (Phi) is 5.84. The first-order chi connectivity index (χ1) is 13.8. The summed E-state index contributed by atoms with van der Waals surface area (Å²) in [5.41, 5.74) is 5.48. The van der Waals surface area contributed by atoms with Crippen LogP contribution in [0.4, 0.5) is 0 Å². The van der Waals surface area contributed by atoms with Crippen molar-refractivity contribution in [3.8, 4) is 22.6 Å². The number of rotatable bonds is 6. The second kappa shape index (κ2) is 8.17. The Bertz CT molecular complexity index is 1070. The fraction of sp³-hybridized carbons (Fsp3) is 0.348. The lowest BCUT2D eigenvalue weighted by Crippen LogP contribution is -2.12. The maximum absolute atomic E-state index is 12.4. The summed E-state index contributed by atoms with van der Waals surface area (Å²) in [5.74, 6) is 0.959. The van der Waals surface area contributed by atoms with Crippen LogP contribution in [-0.4, -0.2) is 36.3 Å². The second-order valence-corrected chi connectivity index (χ2v) is 7.02. The third-order valence-electron chi connectivity index (χ3n) is 5.08. The molecule has 1 atom stereocenters. The molecule has 29 heavy (non-hydrogen) atoms. The maximum atomic E-state index is 12.4. The molecule has 2 heterocycles. The summed E-state index contributed by atoms with van der Waals surface area (Å²) in [6.45, 7) is 7.55. The minimum Gasteiger partial charge on any atom is -0.493 e. The Morgan fingerprint density at radius 3 is 2.41 bits per heavy atom. The number of aliphatic hydroxyl groups is 1. The van der Waals surface area contributed by atoms with Gasteiger partial charge in [0.2, 0.25) is 0 Å². The average molecular weight is 397 g/mol. The number of ether oxygens (including phenoxy) is 3. The minimum atomic E-state index is -0.751. The largest absolute Gasteiger partial charge is 0.493 e. The van der Waals surface area contributed by atoms with Gasteiger partial charge in [0, 0.05) is 17.3 Å². The molecule has 154 valence electrons. The van der Waals surface area contributed by atoms with E-state index in [1.54, 1.807) is 34.1 Å². The second-order valence-electron chi connectivity index (χ2n) is 7.02. The molecule has 2 aromatic heterocycles. The third-order valence-corrected chi connectivity index (χ3v) is 5.08. The molecular weight excluding hydrogens is 370 g/mol. The molecule has 0 aliphatic carbocycles. The van der Waals surface area contributed by atoms with Gasteiger partial charge in [-0.2, -0.15) is 0 Å². The molecule has 0 saturated heterocycles. The lowest BCUT2D eigenvalue weighted by atomic mass is 10.0. The van der Waals surface area contributed by atoms with Gasteiger partial charge in [-0.05, 0) is 68.7 Å². The molecule has 6 heteroatoms. The normalized spacial score (nSPS) is 12.1. The Balaban J connectivity index is 2.24. The number of pyridine rings is 1. The van der Waals surface area contributed by atoms with Crippen molar-refractivity contribution < 1.29 is 24.1 Å². The zero-order chi connectivity index (χ0) is 21.3. The van der Waals surface area contributed by atoms with E-state index in [9.17, 15) is 9.90 Å². The number of aryl methyl sites for hydroxylation is 1. The number of hydrogen-bond acceptors (Lipinski definition) is 5. The lowest BCUT2D eigenvalue weighted by molar-refractivity contribution is 0.0525. The fourth-order valence-electron chi connectivity index (χ4n) is 3.79. The molecule has 0 bridgehead atoms. The van der Waals surface area contributed by atoms with Crippen molar-refractivity contribution in [2.45, 2.75) is 33.8 Å². The Morgan fingerprint density at radius 1 is 1.10 bits per heavy atom. The smallest absolute Gasteiger partial charge is 0.338 e. The van der Waals surface area contributed by atoms with Crippen molar-refractivity contribution in [2.24, 2.45) is 0 Å². The van der Waals surface area contributed by atoms with E-state index < -0.39 is 6.10 Å². The number of carbonyl (C=O) groups excluding carboxylic acids is 1. The molecule has 1 unspecified atom stereocenters.